The standard InChI is InChI=1S/C4H8N2O2.C2H4O2/c1-4(3-5-7)6-8-2;1-2(3)4/h3,7H,1-2H3;1H3,(H,3,4). The first kappa shape index (κ1) is 13.0. The van der Waals surface area contributed by atoms with Crippen LogP contribution in [-0.2, 0) is 9.63 Å². The molecule has 0 heterocycles. The zero-order valence-electron chi connectivity index (χ0n) is 7.18. The average molecular weight is 176 g/mol. The Hall–Kier alpha value is -1.59. The van der Waals surface area contributed by atoms with E-state index < -0.39 is 5.97 Å². The molecule has 2 N–H and O–H groups in total. The predicted molar refractivity (Wildman–Crippen MR) is 43.7 cm³/mol. The molecular formula is C6H12N2O4. The van der Waals surface area contributed by atoms with Gasteiger partial charge in [0.2, 0.25) is 0 Å². The number of hydrogen-bond acceptors (Lipinski definition) is 5. The van der Waals surface area contributed by atoms with Gasteiger partial charge < -0.3 is 15.2 Å². The first-order valence-corrected chi connectivity index (χ1v) is 2.99. The van der Waals surface area contributed by atoms with Gasteiger partial charge in [0.15, 0.2) is 0 Å². The minimum absolute atomic E-state index is 0.523. The highest BCUT2D eigenvalue weighted by Gasteiger charge is 1.79. The van der Waals surface area contributed by atoms with Gasteiger partial charge in [0.05, 0.1) is 11.9 Å². The van der Waals surface area contributed by atoms with E-state index in [2.05, 4.69) is 15.1 Å². The molecule has 0 aliphatic rings. The molecule has 0 aliphatic carbocycles. The van der Waals surface area contributed by atoms with Gasteiger partial charge in [0.1, 0.15) is 7.11 Å². The van der Waals surface area contributed by atoms with Crippen LogP contribution in [0.15, 0.2) is 10.3 Å². The Bertz CT molecular complexity index is 172. The Morgan fingerprint density at radius 1 is 1.50 bits per heavy atom. The normalized spacial score (nSPS) is 10.4. The zero-order chi connectivity index (χ0) is 9.98. The molecule has 0 aromatic rings. The monoisotopic (exact) mass is 176 g/mol. The molecule has 12 heavy (non-hydrogen) atoms. The van der Waals surface area contributed by atoms with Crippen molar-refractivity contribution in [1.29, 1.82) is 0 Å². The van der Waals surface area contributed by atoms with Crippen LogP contribution in [0, 0.1) is 0 Å². The van der Waals surface area contributed by atoms with Crippen LogP contribution in [0.1, 0.15) is 13.8 Å². The summed E-state index contributed by atoms with van der Waals surface area (Å²) in [6.07, 6.45) is 1.18. The fourth-order valence-electron chi connectivity index (χ4n) is 0.251. The number of carboxylic acid groups (broad SMARTS) is 1. The molecule has 0 unspecified atom stereocenters. The quantitative estimate of drug-likeness (QED) is 0.365. The third-order valence-electron chi connectivity index (χ3n) is 0.480. The SMILES string of the molecule is CC(=O)O.CON=C(C)C=NO. The van der Waals surface area contributed by atoms with Crippen molar-refractivity contribution in [2.45, 2.75) is 13.8 Å². The van der Waals surface area contributed by atoms with Gasteiger partial charge in [-0.3, -0.25) is 4.79 Å². The average Bonchev–Trinajstić information content (AvgIpc) is 1.87. The Kier molecular flexibility index (Phi) is 10.2. The molecule has 70 valence electrons. The van der Waals surface area contributed by atoms with Crippen LogP contribution in [0.25, 0.3) is 0 Å². The largest absolute Gasteiger partial charge is 0.481 e. The van der Waals surface area contributed by atoms with E-state index >= 15 is 0 Å². The summed E-state index contributed by atoms with van der Waals surface area (Å²) in [6.45, 7) is 2.74. The van der Waals surface area contributed by atoms with E-state index in [1.807, 2.05) is 0 Å². The van der Waals surface area contributed by atoms with Gasteiger partial charge in [-0.25, -0.2) is 0 Å². The van der Waals surface area contributed by atoms with Crippen LogP contribution in [0.4, 0.5) is 0 Å². The van der Waals surface area contributed by atoms with Crippen molar-refractivity contribution in [3.63, 3.8) is 0 Å². The lowest BCUT2D eigenvalue weighted by atomic mass is 10.5. The highest BCUT2D eigenvalue weighted by atomic mass is 16.6. The molecule has 6 nitrogen and oxygen atoms in total. The molecule has 0 aliphatic heterocycles. The maximum atomic E-state index is 9.00. The summed E-state index contributed by atoms with van der Waals surface area (Å²) in [5.74, 6) is -0.833. The van der Waals surface area contributed by atoms with Gasteiger partial charge >= 0.3 is 0 Å². The Morgan fingerprint density at radius 3 is 2.17 bits per heavy atom. The molecule has 0 saturated heterocycles. The van der Waals surface area contributed by atoms with Crippen molar-refractivity contribution in [1.82, 2.24) is 0 Å². The summed E-state index contributed by atoms with van der Waals surface area (Å²) in [6, 6.07) is 0. The van der Waals surface area contributed by atoms with E-state index in [4.69, 9.17) is 15.1 Å². The summed E-state index contributed by atoms with van der Waals surface area (Å²) in [7, 11) is 1.43. The van der Waals surface area contributed by atoms with Crippen molar-refractivity contribution in [3.8, 4) is 0 Å². The molecule has 0 aromatic carbocycles. The third kappa shape index (κ3) is 23.7. The fourth-order valence-corrected chi connectivity index (χ4v) is 0.251. The van der Waals surface area contributed by atoms with Crippen LogP contribution in [-0.4, -0.2) is 35.3 Å². The third-order valence-corrected chi connectivity index (χ3v) is 0.480. The molecule has 0 saturated carbocycles. The maximum absolute atomic E-state index is 9.00. The van der Waals surface area contributed by atoms with Crippen LogP contribution in [0.5, 0.6) is 0 Å². The smallest absolute Gasteiger partial charge is 0.300 e. The van der Waals surface area contributed by atoms with Crippen molar-refractivity contribution in [2.24, 2.45) is 10.3 Å². The first-order valence-electron chi connectivity index (χ1n) is 2.99. The van der Waals surface area contributed by atoms with Crippen molar-refractivity contribution in [2.75, 3.05) is 7.11 Å². The summed E-state index contributed by atoms with van der Waals surface area (Å²) in [4.78, 5) is 13.3. The maximum Gasteiger partial charge on any atom is 0.300 e. The highest BCUT2D eigenvalue weighted by molar-refractivity contribution is 6.29. The van der Waals surface area contributed by atoms with Crippen LogP contribution < -0.4 is 0 Å². The van der Waals surface area contributed by atoms with Gasteiger partial charge in [0, 0.05) is 6.92 Å². The first-order chi connectivity index (χ1) is 5.54. The Morgan fingerprint density at radius 2 is 1.92 bits per heavy atom. The molecule has 0 atom stereocenters. The van der Waals surface area contributed by atoms with Crippen molar-refractivity contribution in [3.05, 3.63) is 0 Å². The summed E-state index contributed by atoms with van der Waals surface area (Å²) < 4.78 is 0. The number of oxime groups is 2. The number of carbonyl (C=O) groups is 1. The topological polar surface area (TPSA) is 91.5 Å². The molecular weight excluding hydrogens is 164 g/mol. The lowest BCUT2D eigenvalue weighted by Crippen LogP contribution is -1.91. The zero-order valence-corrected chi connectivity index (χ0v) is 7.18. The van der Waals surface area contributed by atoms with Crippen LogP contribution in [0.2, 0.25) is 0 Å². The molecule has 0 spiro atoms. The fraction of sp³-hybridized carbons (Fsp3) is 0.500. The van der Waals surface area contributed by atoms with Crippen molar-refractivity contribution < 1.29 is 19.9 Å². The van der Waals surface area contributed by atoms with E-state index in [-0.39, 0.29) is 0 Å². The minimum atomic E-state index is -0.833. The van der Waals surface area contributed by atoms with Gasteiger partial charge in [-0.2, -0.15) is 0 Å². The second kappa shape index (κ2) is 9.41. The molecule has 0 bridgehead atoms. The summed E-state index contributed by atoms with van der Waals surface area (Å²) in [5, 5.41) is 21.5. The molecule has 0 fully saturated rings. The van der Waals surface area contributed by atoms with Gasteiger partial charge in [-0.15, -0.1) is 0 Å². The number of nitrogens with zero attached hydrogens (tertiary/aromatic N) is 2. The van der Waals surface area contributed by atoms with Gasteiger partial charge in [-0.05, 0) is 6.92 Å². The van der Waals surface area contributed by atoms with E-state index in [0.29, 0.717) is 5.71 Å². The summed E-state index contributed by atoms with van der Waals surface area (Å²) >= 11 is 0. The molecule has 0 aromatic heterocycles. The summed E-state index contributed by atoms with van der Waals surface area (Å²) in [5.41, 5.74) is 0.523. The second-order valence-corrected chi connectivity index (χ2v) is 1.68. The number of hydrogen-bond donors (Lipinski definition) is 2. The molecule has 0 amide bonds. The Balaban J connectivity index is 0. The highest BCUT2D eigenvalue weighted by Crippen LogP contribution is 1.71. The van der Waals surface area contributed by atoms with Gasteiger partial charge in [-0.1, -0.05) is 10.3 Å². The number of rotatable bonds is 2. The predicted octanol–water partition coefficient (Wildman–Crippen LogP) is 0.560. The second-order valence-electron chi connectivity index (χ2n) is 1.68. The number of aliphatic carboxylic acids is 1. The van der Waals surface area contributed by atoms with E-state index in [0.717, 1.165) is 6.92 Å². The number of carboxylic acids is 1. The minimum Gasteiger partial charge on any atom is -0.481 e. The van der Waals surface area contributed by atoms with Crippen molar-refractivity contribution >= 4 is 17.9 Å². The molecule has 0 rings (SSSR count). The van der Waals surface area contributed by atoms with E-state index in [1.54, 1.807) is 6.92 Å². The van der Waals surface area contributed by atoms with Crippen LogP contribution in [0.3, 0.4) is 0 Å². The van der Waals surface area contributed by atoms with E-state index in [9.17, 15) is 0 Å². The lowest BCUT2D eigenvalue weighted by Gasteiger charge is -1.85. The Labute approximate surface area is 70.1 Å². The molecule has 6 heteroatoms. The lowest BCUT2D eigenvalue weighted by molar-refractivity contribution is -0.134. The van der Waals surface area contributed by atoms with E-state index in [1.165, 1.54) is 13.3 Å². The van der Waals surface area contributed by atoms with Gasteiger partial charge in [0.25, 0.3) is 5.97 Å². The van der Waals surface area contributed by atoms with Crippen LogP contribution >= 0.6 is 0 Å². The molecule has 0 radical (unpaired) electrons.